The summed E-state index contributed by atoms with van der Waals surface area (Å²) < 4.78 is 0. The molecule has 0 aromatic rings. The Labute approximate surface area is 117 Å². The van der Waals surface area contributed by atoms with E-state index in [9.17, 15) is 0 Å². The van der Waals surface area contributed by atoms with Crippen LogP contribution in [0.15, 0.2) is 46.7 Å². The molecule has 1 unspecified atom stereocenters. The van der Waals surface area contributed by atoms with Gasteiger partial charge < -0.3 is 11.1 Å². The average molecular weight is 258 g/mol. The third-order valence-electron chi connectivity index (χ3n) is 4.10. The Kier molecular flexibility index (Phi) is 4.56. The second-order valence-corrected chi connectivity index (χ2v) is 5.90. The van der Waals surface area contributed by atoms with E-state index in [1.807, 2.05) is 6.08 Å². The van der Waals surface area contributed by atoms with Crippen molar-refractivity contribution in [2.75, 3.05) is 0 Å². The highest BCUT2D eigenvalue weighted by Crippen LogP contribution is 2.45. The molecule has 0 aromatic carbocycles. The molecule has 0 fully saturated rings. The fraction of sp³-hybridized carbons (Fsp3) is 0.471. The Morgan fingerprint density at radius 3 is 2.58 bits per heavy atom. The third kappa shape index (κ3) is 2.89. The summed E-state index contributed by atoms with van der Waals surface area (Å²) in [6.07, 6.45) is 6.70. The van der Waals surface area contributed by atoms with Gasteiger partial charge in [-0.3, -0.25) is 0 Å². The molecule has 1 aliphatic rings. The van der Waals surface area contributed by atoms with Gasteiger partial charge in [-0.1, -0.05) is 46.8 Å². The van der Waals surface area contributed by atoms with E-state index in [4.69, 9.17) is 11.1 Å². The zero-order valence-electron chi connectivity index (χ0n) is 12.8. The monoisotopic (exact) mass is 258 g/mol. The van der Waals surface area contributed by atoms with Crippen LogP contribution in [0.25, 0.3) is 0 Å². The molecule has 1 aliphatic carbocycles. The highest BCUT2D eigenvalue weighted by Gasteiger charge is 2.33. The van der Waals surface area contributed by atoms with Crippen molar-refractivity contribution in [2.24, 2.45) is 17.1 Å². The molecule has 0 aromatic heterocycles. The standard InChI is InChI=1S/C17H26N2/c1-7-11(2)8-15-13(4)16(19)9-14(12(3)10-18)17(15,5)6/h8-11,18H,3,7,19H2,1-2,4-6H3/b15-8+,18-10?. The summed E-state index contributed by atoms with van der Waals surface area (Å²) in [5.41, 5.74) is 11.0. The average Bonchev–Trinajstić information content (AvgIpc) is 2.37. The first-order valence-corrected chi connectivity index (χ1v) is 6.86. The van der Waals surface area contributed by atoms with Crippen LogP contribution in [-0.4, -0.2) is 6.21 Å². The Hall–Kier alpha value is -1.57. The summed E-state index contributed by atoms with van der Waals surface area (Å²) in [6.45, 7) is 14.8. The summed E-state index contributed by atoms with van der Waals surface area (Å²) in [7, 11) is 0. The molecule has 2 heteroatoms. The molecule has 0 saturated heterocycles. The fourth-order valence-corrected chi connectivity index (χ4v) is 2.52. The summed E-state index contributed by atoms with van der Waals surface area (Å²) in [6, 6.07) is 0. The maximum atomic E-state index is 7.44. The van der Waals surface area contributed by atoms with Gasteiger partial charge in [0.1, 0.15) is 0 Å². The molecule has 0 saturated carbocycles. The van der Waals surface area contributed by atoms with Crippen molar-refractivity contribution in [1.29, 1.82) is 5.41 Å². The number of hydrogen-bond donors (Lipinski definition) is 2. The minimum Gasteiger partial charge on any atom is -0.398 e. The number of allylic oxidation sites excluding steroid dienone is 6. The Morgan fingerprint density at radius 2 is 2.11 bits per heavy atom. The third-order valence-corrected chi connectivity index (χ3v) is 4.10. The van der Waals surface area contributed by atoms with Crippen LogP contribution in [0.5, 0.6) is 0 Å². The lowest BCUT2D eigenvalue weighted by atomic mass is 9.68. The van der Waals surface area contributed by atoms with Crippen LogP contribution in [0.4, 0.5) is 0 Å². The van der Waals surface area contributed by atoms with E-state index in [1.54, 1.807) is 0 Å². The molecule has 0 bridgehead atoms. The molecular weight excluding hydrogens is 232 g/mol. The smallest absolute Gasteiger partial charge is 0.0350 e. The number of hydrogen-bond acceptors (Lipinski definition) is 2. The van der Waals surface area contributed by atoms with Gasteiger partial charge in [0.25, 0.3) is 0 Å². The van der Waals surface area contributed by atoms with Crippen molar-refractivity contribution >= 4 is 6.21 Å². The quantitative estimate of drug-likeness (QED) is 0.723. The maximum Gasteiger partial charge on any atom is 0.0350 e. The van der Waals surface area contributed by atoms with Gasteiger partial charge in [-0.15, -0.1) is 0 Å². The lowest BCUT2D eigenvalue weighted by Gasteiger charge is -2.37. The van der Waals surface area contributed by atoms with Gasteiger partial charge in [-0.2, -0.15) is 0 Å². The molecule has 1 rings (SSSR count). The van der Waals surface area contributed by atoms with Gasteiger partial charge in [-0.05, 0) is 41.2 Å². The molecule has 104 valence electrons. The van der Waals surface area contributed by atoms with Gasteiger partial charge in [0, 0.05) is 17.3 Å². The van der Waals surface area contributed by atoms with Crippen LogP contribution in [0, 0.1) is 16.7 Å². The zero-order valence-corrected chi connectivity index (χ0v) is 12.8. The van der Waals surface area contributed by atoms with E-state index in [2.05, 4.69) is 47.3 Å². The van der Waals surface area contributed by atoms with Crippen LogP contribution in [0.2, 0.25) is 0 Å². The van der Waals surface area contributed by atoms with Gasteiger partial charge in [0.15, 0.2) is 0 Å². The van der Waals surface area contributed by atoms with E-state index < -0.39 is 0 Å². The summed E-state index contributed by atoms with van der Waals surface area (Å²) in [5, 5.41) is 7.44. The van der Waals surface area contributed by atoms with Crippen LogP contribution >= 0.6 is 0 Å². The lowest BCUT2D eigenvalue weighted by Crippen LogP contribution is -2.26. The largest absolute Gasteiger partial charge is 0.398 e. The Balaban J connectivity index is 3.43. The molecule has 0 spiro atoms. The second-order valence-electron chi connectivity index (χ2n) is 5.90. The highest BCUT2D eigenvalue weighted by molar-refractivity contribution is 5.83. The zero-order chi connectivity index (χ0) is 14.8. The molecule has 19 heavy (non-hydrogen) atoms. The minimum atomic E-state index is -0.148. The predicted octanol–water partition coefficient (Wildman–Crippen LogP) is 4.36. The molecule has 0 radical (unpaired) electrons. The number of nitrogens with one attached hydrogen (secondary N) is 1. The van der Waals surface area contributed by atoms with Crippen molar-refractivity contribution in [3.63, 3.8) is 0 Å². The minimum absolute atomic E-state index is 0.148. The Bertz CT molecular complexity index is 487. The maximum absolute atomic E-state index is 7.44. The summed E-state index contributed by atoms with van der Waals surface area (Å²) in [5.74, 6) is 0.518. The van der Waals surface area contributed by atoms with Gasteiger partial charge in [0.05, 0.1) is 0 Å². The highest BCUT2D eigenvalue weighted by atomic mass is 14.6. The molecule has 1 atom stereocenters. The number of nitrogens with two attached hydrogens (primary N) is 1. The van der Waals surface area contributed by atoms with Gasteiger partial charge in [0.2, 0.25) is 0 Å². The summed E-state index contributed by atoms with van der Waals surface area (Å²) in [4.78, 5) is 0. The first-order chi connectivity index (χ1) is 8.75. The van der Waals surface area contributed by atoms with E-state index in [1.165, 1.54) is 11.8 Å². The summed E-state index contributed by atoms with van der Waals surface area (Å²) >= 11 is 0. The normalized spacial score (nSPS) is 22.2. The van der Waals surface area contributed by atoms with Gasteiger partial charge in [-0.25, -0.2) is 0 Å². The fourth-order valence-electron chi connectivity index (χ4n) is 2.52. The number of rotatable bonds is 4. The predicted molar refractivity (Wildman–Crippen MR) is 84.2 cm³/mol. The van der Waals surface area contributed by atoms with Crippen molar-refractivity contribution in [3.8, 4) is 0 Å². The SMILES string of the molecule is C=C(C=N)C1=CC(N)=C(C)/C(=C\C(C)CC)C1(C)C. The van der Waals surface area contributed by atoms with E-state index >= 15 is 0 Å². The van der Waals surface area contributed by atoms with Crippen LogP contribution in [-0.2, 0) is 0 Å². The second kappa shape index (κ2) is 5.60. The molecule has 2 nitrogen and oxygen atoms in total. The molecule has 0 aliphatic heterocycles. The van der Waals surface area contributed by atoms with Crippen LogP contribution in [0.3, 0.4) is 0 Å². The van der Waals surface area contributed by atoms with E-state index in [0.29, 0.717) is 5.92 Å². The van der Waals surface area contributed by atoms with Gasteiger partial charge >= 0.3 is 0 Å². The first-order valence-electron chi connectivity index (χ1n) is 6.86. The van der Waals surface area contributed by atoms with Crippen molar-refractivity contribution in [1.82, 2.24) is 0 Å². The molecule has 3 N–H and O–H groups in total. The molecule has 0 amide bonds. The van der Waals surface area contributed by atoms with Crippen LogP contribution < -0.4 is 5.73 Å². The molecular formula is C17H26N2. The van der Waals surface area contributed by atoms with Crippen molar-refractivity contribution in [2.45, 2.75) is 41.0 Å². The van der Waals surface area contributed by atoms with Crippen molar-refractivity contribution < 1.29 is 0 Å². The lowest BCUT2D eigenvalue weighted by molar-refractivity contribution is 0.535. The first kappa shape index (κ1) is 15.5. The van der Waals surface area contributed by atoms with Crippen LogP contribution in [0.1, 0.15) is 41.0 Å². The Morgan fingerprint density at radius 1 is 1.53 bits per heavy atom. The molecule has 0 heterocycles. The van der Waals surface area contributed by atoms with Crippen molar-refractivity contribution in [3.05, 3.63) is 46.7 Å². The van der Waals surface area contributed by atoms with E-state index in [-0.39, 0.29) is 5.41 Å². The van der Waals surface area contributed by atoms with E-state index in [0.717, 1.165) is 28.8 Å². The topological polar surface area (TPSA) is 49.9 Å².